The van der Waals surface area contributed by atoms with Crippen molar-refractivity contribution in [3.63, 3.8) is 0 Å². The topological polar surface area (TPSA) is 26.3 Å². The average molecular weight is 170 g/mol. The van der Waals surface area contributed by atoms with Crippen LogP contribution in [0.1, 0.15) is 39.5 Å². The van der Waals surface area contributed by atoms with Gasteiger partial charge in [0.2, 0.25) is 0 Å². The van der Waals surface area contributed by atoms with E-state index in [1.54, 1.807) is 0 Å². The molecule has 1 fully saturated rings. The fourth-order valence-electron chi connectivity index (χ4n) is 1.95. The summed E-state index contributed by atoms with van der Waals surface area (Å²) in [6.45, 7) is 4.86. The van der Waals surface area contributed by atoms with Crippen LogP contribution < -0.4 is 0 Å². The van der Waals surface area contributed by atoms with Gasteiger partial charge < -0.3 is 4.74 Å². The molecule has 0 spiro atoms. The average Bonchev–Trinajstić information content (AvgIpc) is 2.06. The molecule has 1 aliphatic carbocycles. The molecule has 0 bridgehead atoms. The molecule has 0 N–H and O–H groups in total. The molecular formula is C10H18O2. The lowest BCUT2D eigenvalue weighted by molar-refractivity contribution is -0.135. The Kier molecular flexibility index (Phi) is 3.57. The van der Waals surface area contributed by atoms with E-state index in [0.717, 1.165) is 5.92 Å². The fourth-order valence-corrected chi connectivity index (χ4v) is 1.95. The van der Waals surface area contributed by atoms with Crippen LogP contribution in [0.15, 0.2) is 0 Å². The summed E-state index contributed by atoms with van der Waals surface area (Å²) in [6.07, 6.45) is 5.14. The van der Waals surface area contributed by atoms with Gasteiger partial charge in [-0.3, -0.25) is 4.79 Å². The third-order valence-corrected chi connectivity index (χ3v) is 2.99. The summed E-state index contributed by atoms with van der Waals surface area (Å²) in [7, 11) is 0. The van der Waals surface area contributed by atoms with Gasteiger partial charge in [-0.05, 0) is 31.6 Å². The molecule has 12 heavy (non-hydrogen) atoms. The van der Waals surface area contributed by atoms with E-state index in [1.807, 2.05) is 6.92 Å². The SMILES string of the molecule is CC1CCC(C(C)OC=O)CC1. The molecule has 1 rings (SSSR count). The molecule has 2 nitrogen and oxygen atoms in total. The van der Waals surface area contributed by atoms with Gasteiger partial charge in [0.15, 0.2) is 0 Å². The lowest BCUT2D eigenvalue weighted by atomic mass is 9.80. The Balaban J connectivity index is 2.28. The van der Waals surface area contributed by atoms with Crippen molar-refractivity contribution in [2.45, 2.75) is 45.6 Å². The Labute approximate surface area is 74.3 Å². The highest BCUT2D eigenvalue weighted by Gasteiger charge is 2.23. The van der Waals surface area contributed by atoms with Gasteiger partial charge in [0.25, 0.3) is 6.47 Å². The van der Waals surface area contributed by atoms with E-state index in [0.29, 0.717) is 12.4 Å². The quantitative estimate of drug-likeness (QED) is 0.608. The molecule has 0 heterocycles. The molecule has 0 amide bonds. The molecule has 0 aromatic rings. The lowest BCUT2D eigenvalue weighted by Gasteiger charge is -2.29. The summed E-state index contributed by atoms with van der Waals surface area (Å²) in [5.41, 5.74) is 0. The Bertz CT molecular complexity index is 137. The van der Waals surface area contributed by atoms with Crippen molar-refractivity contribution in [2.75, 3.05) is 0 Å². The van der Waals surface area contributed by atoms with Crippen LogP contribution in [0.5, 0.6) is 0 Å². The highest BCUT2D eigenvalue weighted by atomic mass is 16.5. The summed E-state index contributed by atoms with van der Waals surface area (Å²) in [5, 5.41) is 0. The van der Waals surface area contributed by atoms with Crippen molar-refractivity contribution < 1.29 is 9.53 Å². The molecule has 1 unspecified atom stereocenters. The Morgan fingerprint density at radius 3 is 2.42 bits per heavy atom. The van der Waals surface area contributed by atoms with Gasteiger partial charge in [-0.25, -0.2) is 0 Å². The molecule has 0 radical (unpaired) electrons. The maximum atomic E-state index is 10.1. The van der Waals surface area contributed by atoms with Crippen molar-refractivity contribution in [3.8, 4) is 0 Å². The molecule has 0 aliphatic heterocycles. The van der Waals surface area contributed by atoms with Crippen molar-refractivity contribution in [3.05, 3.63) is 0 Å². The van der Waals surface area contributed by atoms with Gasteiger partial charge in [0.1, 0.15) is 6.10 Å². The summed E-state index contributed by atoms with van der Waals surface area (Å²) >= 11 is 0. The molecule has 1 saturated carbocycles. The van der Waals surface area contributed by atoms with Crippen LogP contribution in [0, 0.1) is 11.8 Å². The second kappa shape index (κ2) is 4.48. The first-order chi connectivity index (χ1) is 5.74. The minimum Gasteiger partial charge on any atom is -0.465 e. The predicted molar refractivity (Wildman–Crippen MR) is 47.7 cm³/mol. The third kappa shape index (κ3) is 2.50. The van der Waals surface area contributed by atoms with Gasteiger partial charge in [-0.1, -0.05) is 19.8 Å². The molecular weight excluding hydrogens is 152 g/mol. The Morgan fingerprint density at radius 1 is 1.33 bits per heavy atom. The minimum absolute atomic E-state index is 0.120. The largest absolute Gasteiger partial charge is 0.465 e. The van der Waals surface area contributed by atoms with E-state index in [4.69, 9.17) is 4.74 Å². The van der Waals surface area contributed by atoms with E-state index in [-0.39, 0.29) is 6.10 Å². The number of rotatable bonds is 3. The first-order valence-electron chi connectivity index (χ1n) is 4.83. The van der Waals surface area contributed by atoms with E-state index < -0.39 is 0 Å². The van der Waals surface area contributed by atoms with Crippen LogP contribution in [0.2, 0.25) is 0 Å². The fraction of sp³-hybridized carbons (Fsp3) is 0.900. The summed E-state index contributed by atoms with van der Waals surface area (Å²) < 4.78 is 4.94. The van der Waals surface area contributed by atoms with Gasteiger partial charge in [0, 0.05) is 0 Å². The summed E-state index contributed by atoms with van der Waals surface area (Å²) in [4.78, 5) is 10.1. The van der Waals surface area contributed by atoms with Crippen LogP contribution in [-0.4, -0.2) is 12.6 Å². The zero-order chi connectivity index (χ0) is 8.97. The molecule has 1 atom stereocenters. The first-order valence-corrected chi connectivity index (χ1v) is 4.83. The van der Waals surface area contributed by atoms with Crippen molar-refractivity contribution >= 4 is 6.47 Å². The number of carbonyl (C=O) groups is 1. The smallest absolute Gasteiger partial charge is 0.293 e. The second-order valence-electron chi connectivity index (χ2n) is 3.96. The minimum atomic E-state index is 0.120. The molecule has 2 heteroatoms. The van der Waals surface area contributed by atoms with E-state index in [9.17, 15) is 4.79 Å². The van der Waals surface area contributed by atoms with Gasteiger partial charge in [0.05, 0.1) is 0 Å². The maximum Gasteiger partial charge on any atom is 0.293 e. The highest BCUT2D eigenvalue weighted by molar-refractivity contribution is 5.37. The van der Waals surface area contributed by atoms with Crippen molar-refractivity contribution in [1.82, 2.24) is 0 Å². The lowest BCUT2D eigenvalue weighted by Crippen LogP contribution is -2.24. The molecule has 0 aromatic carbocycles. The third-order valence-electron chi connectivity index (χ3n) is 2.99. The van der Waals surface area contributed by atoms with E-state index in [1.165, 1.54) is 25.7 Å². The number of ether oxygens (including phenoxy) is 1. The van der Waals surface area contributed by atoms with Crippen LogP contribution in [-0.2, 0) is 9.53 Å². The van der Waals surface area contributed by atoms with Gasteiger partial charge >= 0.3 is 0 Å². The Hall–Kier alpha value is -0.530. The number of hydrogen-bond donors (Lipinski definition) is 0. The monoisotopic (exact) mass is 170 g/mol. The predicted octanol–water partition coefficient (Wildman–Crippen LogP) is 2.37. The molecule has 0 saturated heterocycles. The van der Waals surface area contributed by atoms with Crippen LogP contribution in [0.4, 0.5) is 0 Å². The Morgan fingerprint density at radius 2 is 1.92 bits per heavy atom. The van der Waals surface area contributed by atoms with Crippen molar-refractivity contribution in [1.29, 1.82) is 0 Å². The zero-order valence-electron chi connectivity index (χ0n) is 7.95. The van der Waals surface area contributed by atoms with Crippen LogP contribution in [0.25, 0.3) is 0 Å². The second-order valence-corrected chi connectivity index (χ2v) is 3.96. The highest BCUT2D eigenvalue weighted by Crippen LogP contribution is 2.31. The molecule has 1 aliphatic rings. The van der Waals surface area contributed by atoms with Crippen LogP contribution in [0.3, 0.4) is 0 Å². The van der Waals surface area contributed by atoms with E-state index in [2.05, 4.69) is 6.92 Å². The van der Waals surface area contributed by atoms with Gasteiger partial charge in [-0.15, -0.1) is 0 Å². The number of carbonyl (C=O) groups excluding carboxylic acids is 1. The standard InChI is InChI=1S/C10H18O2/c1-8-3-5-10(6-4-8)9(2)12-7-11/h7-10H,3-6H2,1-2H3. The normalized spacial score (nSPS) is 32.5. The molecule has 70 valence electrons. The molecule has 0 aromatic heterocycles. The van der Waals surface area contributed by atoms with Gasteiger partial charge in [-0.2, -0.15) is 0 Å². The van der Waals surface area contributed by atoms with Crippen molar-refractivity contribution in [2.24, 2.45) is 11.8 Å². The van der Waals surface area contributed by atoms with Crippen LogP contribution >= 0.6 is 0 Å². The maximum absolute atomic E-state index is 10.1. The van der Waals surface area contributed by atoms with E-state index >= 15 is 0 Å². The first kappa shape index (κ1) is 9.56. The summed E-state index contributed by atoms with van der Waals surface area (Å²) in [5.74, 6) is 1.47. The zero-order valence-corrected chi connectivity index (χ0v) is 7.95. The summed E-state index contributed by atoms with van der Waals surface area (Å²) in [6, 6.07) is 0. The number of hydrogen-bond acceptors (Lipinski definition) is 2.